The highest BCUT2D eigenvalue weighted by molar-refractivity contribution is 6.12. The molecule has 0 radical (unpaired) electrons. The van der Waals surface area contributed by atoms with Gasteiger partial charge in [0.15, 0.2) is 5.60 Å². The normalized spacial score (nSPS) is 41.1. The fourth-order valence-corrected chi connectivity index (χ4v) is 2.65. The molecule has 2 fully saturated rings. The summed E-state index contributed by atoms with van der Waals surface area (Å²) < 4.78 is 5.39. The second kappa shape index (κ2) is 4.70. The molecule has 0 spiro atoms. The number of ether oxygens (including phenoxy) is 1. The van der Waals surface area contributed by atoms with Gasteiger partial charge in [-0.25, -0.2) is 0 Å². The van der Waals surface area contributed by atoms with E-state index < -0.39 is 48.1 Å². The minimum atomic E-state index is -1.53. The minimum Gasteiger partial charge on any atom is -0.505 e. The number of amides is 1. The van der Waals surface area contributed by atoms with Crippen molar-refractivity contribution >= 4 is 11.6 Å². The van der Waals surface area contributed by atoms with Crippen molar-refractivity contribution in [1.82, 2.24) is 0 Å². The lowest BCUT2D eigenvalue weighted by Gasteiger charge is -2.21. The van der Waals surface area contributed by atoms with Gasteiger partial charge in [-0.2, -0.15) is 5.10 Å². The molecule has 1 saturated heterocycles. The SMILES string of the molecule is C/C(C(N)=O)=C(O)\C(=N/N)C12O[C@H](CO)C(O)C1C2O. The molecule has 1 amide bonds. The quantitative estimate of drug-likeness (QED) is 0.106. The topological polar surface area (TPSA) is 172 Å². The first-order valence-corrected chi connectivity index (χ1v) is 5.96. The lowest BCUT2D eigenvalue weighted by atomic mass is 10.0. The van der Waals surface area contributed by atoms with Gasteiger partial charge in [-0.1, -0.05) is 0 Å². The molecular weight excluding hydrogens is 270 g/mol. The predicted octanol–water partition coefficient (Wildman–Crippen LogP) is -2.90. The summed E-state index contributed by atoms with van der Waals surface area (Å²) in [5.41, 5.74) is 3.05. The summed E-state index contributed by atoms with van der Waals surface area (Å²) >= 11 is 0. The van der Waals surface area contributed by atoms with E-state index in [9.17, 15) is 20.1 Å². The Bertz CT molecular complexity index is 504. The monoisotopic (exact) mass is 287 g/mol. The Morgan fingerprint density at radius 3 is 2.50 bits per heavy atom. The smallest absolute Gasteiger partial charge is 0.248 e. The van der Waals surface area contributed by atoms with Crippen LogP contribution in [0.1, 0.15) is 6.92 Å². The van der Waals surface area contributed by atoms with Gasteiger partial charge in [0, 0.05) is 0 Å². The Morgan fingerprint density at radius 2 is 2.05 bits per heavy atom. The van der Waals surface area contributed by atoms with Crippen molar-refractivity contribution in [1.29, 1.82) is 0 Å². The summed E-state index contributed by atoms with van der Waals surface area (Å²) in [5.74, 6) is 2.93. The van der Waals surface area contributed by atoms with E-state index in [1.807, 2.05) is 0 Å². The molecule has 1 saturated carbocycles. The molecule has 4 unspecified atom stereocenters. The van der Waals surface area contributed by atoms with Crippen molar-refractivity contribution < 1.29 is 30.0 Å². The molecule has 0 bridgehead atoms. The third kappa shape index (κ3) is 1.71. The van der Waals surface area contributed by atoms with Crippen LogP contribution >= 0.6 is 0 Å². The third-order valence-electron chi connectivity index (χ3n) is 3.89. The lowest BCUT2D eigenvalue weighted by Crippen LogP contribution is -2.38. The highest BCUT2D eigenvalue weighted by atomic mass is 16.6. The van der Waals surface area contributed by atoms with Gasteiger partial charge in [-0.15, -0.1) is 0 Å². The highest BCUT2D eigenvalue weighted by Crippen LogP contribution is 2.58. The lowest BCUT2D eigenvalue weighted by molar-refractivity contribution is -0.114. The fourth-order valence-electron chi connectivity index (χ4n) is 2.65. The number of hydrogen-bond donors (Lipinski definition) is 6. The summed E-state index contributed by atoms with van der Waals surface area (Å²) in [6.07, 6.45) is -3.21. The van der Waals surface area contributed by atoms with Crippen LogP contribution < -0.4 is 11.6 Å². The Balaban J connectivity index is 2.40. The maximum Gasteiger partial charge on any atom is 0.248 e. The van der Waals surface area contributed by atoms with E-state index in [0.29, 0.717) is 0 Å². The highest BCUT2D eigenvalue weighted by Gasteiger charge is 2.78. The zero-order valence-corrected chi connectivity index (χ0v) is 10.7. The summed E-state index contributed by atoms with van der Waals surface area (Å²) in [4.78, 5) is 11.1. The summed E-state index contributed by atoms with van der Waals surface area (Å²) in [7, 11) is 0. The van der Waals surface area contributed by atoms with Crippen LogP contribution in [0.2, 0.25) is 0 Å². The van der Waals surface area contributed by atoms with Gasteiger partial charge in [0.25, 0.3) is 0 Å². The van der Waals surface area contributed by atoms with E-state index in [4.69, 9.17) is 21.4 Å². The van der Waals surface area contributed by atoms with Crippen LogP contribution in [0.5, 0.6) is 0 Å². The van der Waals surface area contributed by atoms with Gasteiger partial charge < -0.3 is 36.7 Å². The Hall–Kier alpha value is -1.68. The van der Waals surface area contributed by atoms with Gasteiger partial charge in [-0.05, 0) is 6.92 Å². The van der Waals surface area contributed by atoms with Crippen LogP contribution in [0.25, 0.3) is 0 Å². The molecular formula is C11H17N3O6. The molecule has 2 rings (SSSR count). The van der Waals surface area contributed by atoms with Gasteiger partial charge in [0.05, 0.1) is 30.3 Å². The maximum atomic E-state index is 11.1. The van der Waals surface area contributed by atoms with E-state index in [1.54, 1.807) is 0 Å². The van der Waals surface area contributed by atoms with Crippen LogP contribution in [0.4, 0.5) is 0 Å². The molecule has 1 aliphatic carbocycles. The minimum absolute atomic E-state index is 0.202. The van der Waals surface area contributed by atoms with E-state index in [-0.39, 0.29) is 11.3 Å². The van der Waals surface area contributed by atoms with Crippen molar-refractivity contribution in [3.05, 3.63) is 11.3 Å². The van der Waals surface area contributed by atoms with Gasteiger partial charge in [0.2, 0.25) is 5.91 Å². The van der Waals surface area contributed by atoms with Gasteiger partial charge in [0.1, 0.15) is 17.6 Å². The standard InChI is InChI=1S/C11H17N3O6/c1-3(10(12)19)6(16)8(14-13)11-5(9(11)18)7(17)4(2-15)20-11/h4-5,7,9,15-18H,2,13H2,1H3,(H2,12,19)/b6-3-,14-8+/t4-,5?,7?,9?,11?/m1/s1. The van der Waals surface area contributed by atoms with E-state index in [2.05, 4.69) is 5.10 Å². The first kappa shape index (κ1) is 14.7. The predicted molar refractivity (Wildman–Crippen MR) is 66.3 cm³/mol. The number of aliphatic hydroxyl groups excluding tert-OH is 4. The third-order valence-corrected chi connectivity index (χ3v) is 3.89. The summed E-state index contributed by atoms with van der Waals surface area (Å²) in [6, 6.07) is 0. The van der Waals surface area contributed by atoms with E-state index in [1.165, 1.54) is 6.92 Å². The summed E-state index contributed by atoms with van der Waals surface area (Å²) in [6.45, 7) is 0.793. The molecule has 5 atom stereocenters. The summed E-state index contributed by atoms with van der Waals surface area (Å²) in [5, 5.41) is 42.2. The van der Waals surface area contributed by atoms with Crippen LogP contribution in [-0.2, 0) is 9.53 Å². The Kier molecular flexibility index (Phi) is 3.46. The first-order chi connectivity index (χ1) is 9.32. The second-order valence-electron chi connectivity index (χ2n) is 4.91. The first-order valence-electron chi connectivity index (χ1n) is 5.96. The van der Waals surface area contributed by atoms with Crippen molar-refractivity contribution in [2.75, 3.05) is 6.61 Å². The van der Waals surface area contributed by atoms with Crippen molar-refractivity contribution in [2.24, 2.45) is 22.6 Å². The number of carbonyl (C=O) groups excluding carboxylic acids is 1. The molecule has 1 heterocycles. The Labute approximate surface area is 114 Å². The average molecular weight is 287 g/mol. The van der Waals surface area contributed by atoms with Gasteiger partial charge in [-0.3, -0.25) is 4.79 Å². The van der Waals surface area contributed by atoms with Crippen molar-refractivity contribution in [3.8, 4) is 0 Å². The molecule has 0 aromatic heterocycles. The van der Waals surface area contributed by atoms with E-state index >= 15 is 0 Å². The Morgan fingerprint density at radius 1 is 1.45 bits per heavy atom. The molecule has 1 aliphatic heterocycles. The number of fused-ring (bicyclic) bond motifs is 1. The molecule has 2 aliphatic rings. The zero-order chi connectivity index (χ0) is 15.2. The number of rotatable bonds is 4. The molecule has 9 heteroatoms. The molecule has 0 aromatic rings. The zero-order valence-electron chi connectivity index (χ0n) is 10.7. The molecule has 20 heavy (non-hydrogen) atoms. The fraction of sp³-hybridized carbons (Fsp3) is 0.636. The maximum absolute atomic E-state index is 11.1. The van der Waals surface area contributed by atoms with E-state index in [0.717, 1.165) is 0 Å². The second-order valence-corrected chi connectivity index (χ2v) is 4.91. The molecule has 0 aromatic carbocycles. The van der Waals surface area contributed by atoms with Crippen LogP contribution in [0.3, 0.4) is 0 Å². The number of primary amides is 1. The molecule has 8 N–H and O–H groups in total. The number of hydrazone groups is 1. The van der Waals surface area contributed by atoms with Crippen LogP contribution in [0.15, 0.2) is 16.4 Å². The number of aliphatic hydroxyl groups is 4. The number of hydrogen-bond acceptors (Lipinski definition) is 8. The number of nitrogens with two attached hydrogens (primary N) is 2. The van der Waals surface area contributed by atoms with Crippen LogP contribution in [0, 0.1) is 5.92 Å². The average Bonchev–Trinajstić information content (AvgIpc) is 2.85. The van der Waals surface area contributed by atoms with Crippen molar-refractivity contribution in [3.63, 3.8) is 0 Å². The van der Waals surface area contributed by atoms with Crippen molar-refractivity contribution in [2.45, 2.75) is 30.8 Å². The van der Waals surface area contributed by atoms with Gasteiger partial charge >= 0.3 is 0 Å². The van der Waals surface area contributed by atoms with Crippen LogP contribution in [-0.4, -0.2) is 62.6 Å². The molecule has 112 valence electrons. The largest absolute Gasteiger partial charge is 0.505 e. The number of nitrogens with zero attached hydrogens (tertiary/aromatic N) is 1. The molecule has 9 nitrogen and oxygen atoms in total. The number of carbonyl (C=O) groups is 1.